The Morgan fingerprint density at radius 2 is 1.61 bits per heavy atom. The lowest BCUT2D eigenvalue weighted by Gasteiger charge is -2.27. The minimum atomic E-state index is -0.651. The first kappa shape index (κ1) is 26.3. The number of hydrogen-bond donors (Lipinski definition) is 2. The standard InChI is InChI=1S/C23H36N2O6/c1-14(20(27)30-22(3,4)5)11-17(25-21(28)31-23(6,7)8)12-16-9-10-19(18(24)13-16)29-15(2)26/h9-10,13-14,17H,11-12,24H2,1-8H3,(H,25,28)/t14-,17-/m1/s1. The molecule has 0 saturated carbocycles. The molecule has 8 nitrogen and oxygen atoms in total. The molecule has 1 aromatic carbocycles. The Hall–Kier alpha value is -2.77. The van der Waals surface area contributed by atoms with Crippen LogP contribution in [0.1, 0.15) is 67.4 Å². The fourth-order valence-corrected chi connectivity index (χ4v) is 2.85. The van der Waals surface area contributed by atoms with Crippen LogP contribution in [0.2, 0.25) is 0 Å². The summed E-state index contributed by atoms with van der Waals surface area (Å²) in [6.45, 7) is 13.8. The van der Waals surface area contributed by atoms with Crippen molar-refractivity contribution in [2.45, 2.75) is 85.5 Å². The van der Waals surface area contributed by atoms with Crippen LogP contribution in [-0.2, 0) is 25.5 Å². The molecule has 174 valence electrons. The molecule has 1 amide bonds. The summed E-state index contributed by atoms with van der Waals surface area (Å²) in [5.74, 6) is -0.977. The molecule has 0 aliphatic carbocycles. The molecule has 0 aliphatic heterocycles. The van der Waals surface area contributed by atoms with Crippen LogP contribution in [0.5, 0.6) is 5.75 Å². The minimum Gasteiger partial charge on any atom is -0.460 e. The molecule has 0 spiro atoms. The van der Waals surface area contributed by atoms with Gasteiger partial charge in [-0.05, 0) is 72.1 Å². The second-order valence-electron chi connectivity index (χ2n) is 9.68. The molecule has 2 atom stereocenters. The lowest BCUT2D eigenvalue weighted by molar-refractivity contribution is -0.159. The number of nitrogen functional groups attached to an aromatic ring is 1. The van der Waals surface area contributed by atoms with Gasteiger partial charge in [-0.1, -0.05) is 13.0 Å². The van der Waals surface area contributed by atoms with Gasteiger partial charge < -0.3 is 25.3 Å². The summed E-state index contributed by atoms with van der Waals surface area (Å²) in [5.41, 5.74) is 5.86. The van der Waals surface area contributed by atoms with E-state index < -0.39 is 35.2 Å². The number of anilines is 1. The number of carbonyl (C=O) groups excluding carboxylic acids is 3. The van der Waals surface area contributed by atoms with Crippen molar-refractivity contribution < 1.29 is 28.6 Å². The normalized spacial score (nSPS) is 13.7. The van der Waals surface area contributed by atoms with E-state index in [4.69, 9.17) is 19.9 Å². The molecule has 0 fully saturated rings. The van der Waals surface area contributed by atoms with E-state index >= 15 is 0 Å². The van der Waals surface area contributed by atoms with Crippen molar-refractivity contribution in [1.82, 2.24) is 5.32 Å². The summed E-state index contributed by atoms with van der Waals surface area (Å²) in [6, 6.07) is 4.64. The first-order chi connectivity index (χ1) is 14.1. The van der Waals surface area contributed by atoms with E-state index in [1.165, 1.54) is 6.92 Å². The highest BCUT2D eigenvalue weighted by molar-refractivity contribution is 5.73. The molecule has 0 saturated heterocycles. The van der Waals surface area contributed by atoms with Gasteiger partial charge in [0.2, 0.25) is 0 Å². The van der Waals surface area contributed by atoms with Crippen LogP contribution < -0.4 is 15.8 Å². The van der Waals surface area contributed by atoms with Gasteiger partial charge in [0, 0.05) is 13.0 Å². The Morgan fingerprint density at radius 1 is 1.03 bits per heavy atom. The van der Waals surface area contributed by atoms with Gasteiger partial charge >= 0.3 is 18.0 Å². The summed E-state index contributed by atoms with van der Waals surface area (Å²) in [6.07, 6.45) is 0.176. The highest BCUT2D eigenvalue weighted by Gasteiger charge is 2.27. The monoisotopic (exact) mass is 436 g/mol. The van der Waals surface area contributed by atoms with Gasteiger partial charge in [0.05, 0.1) is 11.6 Å². The molecule has 31 heavy (non-hydrogen) atoms. The van der Waals surface area contributed by atoms with E-state index in [1.807, 2.05) is 20.8 Å². The quantitative estimate of drug-likeness (QED) is 0.377. The third kappa shape index (κ3) is 10.7. The minimum absolute atomic E-state index is 0.273. The summed E-state index contributed by atoms with van der Waals surface area (Å²) >= 11 is 0. The zero-order valence-corrected chi connectivity index (χ0v) is 19.8. The molecule has 0 heterocycles. The number of amides is 1. The van der Waals surface area contributed by atoms with Crippen LogP contribution in [-0.4, -0.2) is 35.3 Å². The zero-order chi connectivity index (χ0) is 24.0. The van der Waals surface area contributed by atoms with E-state index in [0.717, 1.165) is 5.56 Å². The predicted octanol–water partition coefficient (Wildman–Crippen LogP) is 4.00. The average Bonchev–Trinajstić information content (AvgIpc) is 2.53. The van der Waals surface area contributed by atoms with E-state index in [2.05, 4.69) is 5.32 Å². The van der Waals surface area contributed by atoms with E-state index in [1.54, 1.807) is 45.9 Å². The predicted molar refractivity (Wildman–Crippen MR) is 119 cm³/mol. The molecule has 8 heteroatoms. The number of nitrogens with one attached hydrogen (secondary N) is 1. The fourth-order valence-electron chi connectivity index (χ4n) is 2.85. The lowest BCUT2D eigenvalue weighted by Crippen LogP contribution is -2.42. The van der Waals surface area contributed by atoms with Crippen molar-refractivity contribution in [1.29, 1.82) is 0 Å². The molecule has 3 N–H and O–H groups in total. The van der Waals surface area contributed by atoms with Gasteiger partial charge in [-0.25, -0.2) is 4.79 Å². The van der Waals surface area contributed by atoms with Crippen molar-refractivity contribution >= 4 is 23.7 Å². The molecule has 1 rings (SSSR count). The summed E-state index contributed by atoms with van der Waals surface area (Å²) in [4.78, 5) is 35.9. The Labute approximate surface area is 184 Å². The number of esters is 2. The third-order valence-electron chi connectivity index (χ3n) is 3.98. The Balaban J connectivity index is 2.99. The van der Waals surface area contributed by atoms with Crippen molar-refractivity contribution in [3.63, 3.8) is 0 Å². The first-order valence-corrected chi connectivity index (χ1v) is 10.3. The van der Waals surface area contributed by atoms with Crippen molar-refractivity contribution in [2.24, 2.45) is 5.92 Å². The zero-order valence-electron chi connectivity index (χ0n) is 19.8. The first-order valence-electron chi connectivity index (χ1n) is 10.3. The second kappa shape index (κ2) is 10.5. The van der Waals surface area contributed by atoms with Gasteiger partial charge in [-0.15, -0.1) is 0 Å². The largest absolute Gasteiger partial charge is 0.460 e. The van der Waals surface area contributed by atoms with Crippen LogP contribution in [0.15, 0.2) is 18.2 Å². The highest BCUT2D eigenvalue weighted by atomic mass is 16.6. The Morgan fingerprint density at radius 3 is 2.10 bits per heavy atom. The molecule has 1 aromatic rings. The van der Waals surface area contributed by atoms with Crippen LogP contribution in [0.25, 0.3) is 0 Å². The Kier molecular flexibility index (Phi) is 8.90. The van der Waals surface area contributed by atoms with E-state index in [9.17, 15) is 14.4 Å². The maximum Gasteiger partial charge on any atom is 0.407 e. The number of ether oxygens (including phenoxy) is 3. The Bertz CT molecular complexity index is 792. The van der Waals surface area contributed by atoms with Gasteiger partial charge in [0.1, 0.15) is 11.2 Å². The van der Waals surface area contributed by atoms with Crippen LogP contribution in [0.4, 0.5) is 10.5 Å². The average molecular weight is 437 g/mol. The molecule has 0 aromatic heterocycles. The van der Waals surface area contributed by atoms with Gasteiger partial charge in [0.25, 0.3) is 0 Å². The number of hydrogen-bond acceptors (Lipinski definition) is 7. The molecule has 0 unspecified atom stereocenters. The molecule has 0 bridgehead atoms. The van der Waals surface area contributed by atoms with Crippen LogP contribution in [0, 0.1) is 5.92 Å². The van der Waals surface area contributed by atoms with Crippen molar-refractivity contribution in [3.8, 4) is 5.75 Å². The topological polar surface area (TPSA) is 117 Å². The van der Waals surface area contributed by atoms with Crippen molar-refractivity contribution in [2.75, 3.05) is 5.73 Å². The summed E-state index contributed by atoms with van der Waals surface area (Å²) in [5, 5.41) is 2.84. The maximum atomic E-state index is 12.4. The number of carbonyl (C=O) groups is 3. The smallest absolute Gasteiger partial charge is 0.407 e. The number of benzene rings is 1. The van der Waals surface area contributed by atoms with Crippen molar-refractivity contribution in [3.05, 3.63) is 23.8 Å². The van der Waals surface area contributed by atoms with E-state index in [0.29, 0.717) is 18.5 Å². The molecule has 0 radical (unpaired) electrons. The van der Waals surface area contributed by atoms with E-state index in [-0.39, 0.29) is 11.7 Å². The van der Waals surface area contributed by atoms with Crippen LogP contribution in [0.3, 0.4) is 0 Å². The maximum absolute atomic E-state index is 12.4. The summed E-state index contributed by atoms with van der Waals surface area (Å²) < 4.78 is 15.9. The second-order valence-corrected chi connectivity index (χ2v) is 9.68. The van der Waals surface area contributed by atoms with Gasteiger partial charge in [0.15, 0.2) is 5.75 Å². The highest BCUT2D eigenvalue weighted by Crippen LogP contribution is 2.25. The SMILES string of the molecule is CC(=O)Oc1ccc(C[C@@H](C[C@@H](C)C(=O)OC(C)(C)C)NC(=O)OC(C)(C)C)cc1N. The van der Waals surface area contributed by atoms with Crippen LogP contribution >= 0.6 is 0 Å². The number of rotatable bonds is 7. The molecular formula is C23H36N2O6. The lowest BCUT2D eigenvalue weighted by atomic mass is 9.95. The van der Waals surface area contributed by atoms with Gasteiger partial charge in [-0.3, -0.25) is 9.59 Å². The number of alkyl carbamates (subject to hydrolysis) is 1. The molecule has 0 aliphatic rings. The molecular weight excluding hydrogens is 400 g/mol. The van der Waals surface area contributed by atoms with Gasteiger partial charge in [-0.2, -0.15) is 0 Å². The third-order valence-corrected chi connectivity index (χ3v) is 3.98. The number of nitrogens with two attached hydrogens (primary N) is 1. The fraction of sp³-hybridized carbons (Fsp3) is 0.609. The summed E-state index contributed by atoms with van der Waals surface area (Å²) in [7, 11) is 0.